The number of thiocarbonyl (C=S) groups is 1. The molecule has 8 heteroatoms. The number of thioether (sulfide) groups is 1. The average Bonchev–Trinajstić information content (AvgIpc) is 3.11. The van der Waals surface area contributed by atoms with Crippen molar-refractivity contribution in [2.24, 2.45) is 0 Å². The number of benzene rings is 3. The van der Waals surface area contributed by atoms with Crippen LogP contribution < -0.4 is 14.8 Å². The molecule has 34 heavy (non-hydrogen) atoms. The first-order valence-corrected chi connectivity index (χ1v) is 12.0. The first kappa shape index (κ1) is 23.8. The highest BCUT2D eigenvalue weighted by molar-refractivity contribution is 8.26. The van der Waals surface area contributed by atoms with E-state index in [0.29, 0.717) is 40.1 Å². The summed E-state index contributed by atoms with van der Waals surface area (Å²) in [6.45, 7) is 0.388. The number of amides is 2. The first-order valence-electron chi connectivity index (χ1n) is 10.7. The molecule has 174 valence electrons. The second-order valence-electron chi connectivity index (χ2n) is 7.66. The van der Waals surface area contributed by atoms with Gasteiger partial charge in [-0.25, -0.2) is 0 Å². The minimum absolute atomic E-state index is 0.0957. The summed E-state index contributed by atoms with van der Waals surface area (Å²) in [7, 11) is 3.14. The number of rotatable bonds is 8. The number of nitrogens with zero attached hydrogens (tertiary/aromatic N) is 1. The van der Waals surface area contributed by atoms with Crippen LogP contribution >= 0.6 is 24.0 Å². The summed E-state index contributed by atoms with van der Waals surface area (Å²) >= 11 is 6.67. The van der Waals surface area contributed by atoms with Gasteiger partial charge in [-0.2, -0.15) is 0 Å². The van der Waals surface area contributed by atoms with Gasteiger partial charge < -0.3 is 14.8 Å². The van der Waals surface area contributed by atoms with Crippen LogP contribution in [0, 0.1) is 0 Å². The fraction of sp³-hybridized carbons (Fsp3) is 0.192. The van der Waals surface area contributed by atoms with Gasteiger partial charge in [0.05, 0.1) is 19.1 Å². The van der Waals surface area contributed by atoms with Gasteiger partial charge >= 0.3 is 0 Å². The molecule has 0 spiro atoms. The van der Waals surface area contributed by atoms with Crippen LogP contribution in [0.3, 0.4) is 0 Å². The van der Waals surface area contributed by atoms with Crippen molar-refractivity contribution in [2.75, 3.05) is 26.1 Å². The molecule has 1 saturated heterocycles. The second-order valence-corrected chi connectivity index (χ2v) is 9.34. The topological polar surface area (TPSA) is 67.9 Å². The third-order valence-corrected chi connectivity index (χ3v) is 6.78. The fourth-order valence-electron chi connectivity index (χ4n) is 3.68. The summed E-state index contributed by atoms with van der Waals surface area (Å²) < 4.78 is 11.1. The van der Waals surface area contributed by atoms with E-state index in [1.807, 2.05) is 54.6 Å². The Morgan fingerprint density at radius 3 is 2.56 bits per heavy atom. The zero-order valence-corrected chi connectivity index (χ0v) is 20.5. The van der Waals surface area contributed by atoms with E-state index in [4.69, 9.17) is 21.7 Å². The van der Waals surface area contributed by atoms with E-state index in [1.165, 1.54) is 11.8 Å². The van der Waals surface area contributed by atoms with Gasteiger partial charge in [-0.05, 0) is 53.1 Å². The maximum absolute atomic E-state index is 12.9. The zero-order valence-electron chi connectivity index (χ0n) is 18.9. The maximum atomic E-state index is 12.9. The molecule has 1 fully saturated rings. The van der Waals surface area contributed by atoms with Gasteiger partial charge in [0.25, 0.3) is 5.91 Å². The molecule has 0 aromatic heterocycles. The summed E-state index contributed by atoms with van der Waals surface area (Å²) in [5.74, 6) is 0.958. The number of ether oxygens (including phenoxy) is 2. The van der Waals surface area contributed by atoms with Gasteiger partial charge in [0, 0.05) is 18.7 Å². The quantitative estimate of drug-likeness (QED) is 0.332. The lowest BCUT2D eigenvalue weighted by Gasteiger charge is -2.14. The van der Waals surface area contributed by atoms with E-state index in [-0.39, 0.29) is 11.8 Å². The Morgan fingerprint density at radius 2 is 1.79 bits per heavy atom. The van der Waals surface area contributed by atoms with Crippen LogP contribution in [0.1, 0.15) is 18.4 Å². The number of carbonyl (C=O) groups is 2. The van der Waals surface area contributed by atoms with Crippen molar-refractivity contribution in [1.82, 2.24) is 4.90 Å². The minimum Gasteiger partial charge on any atom is -0.493 e. The fourth-order valence-corrected chi connectivity index (χ4v) is 4.98. The minimum atomic E-state index is -0.153. The highest BCUT2D eigenvalue weighted by Gasteiger charge is 2.31. The van der Waals surface area contributed by atoms with Crippen LogP contribution in [-0.2, 0) is 9.59 Å². The van der Waals surface area contributed by atoms with Crippen LogP contribution in [-0.4, -0.2) is 41.8 Å². The van der Waals surface area contributed by atoms with Crippen molar-refractivity contribution in [3.05, 3.63) is 71.1 Å². The molecule has 4 rings (SSSR count). The highest BCUT2D eigenvalue weighted by atomic mass is 32.2. The molecule has 0 unspecified atom stereocenters. The smallest absolute Gasteiger partial charge is 0.266 e. The molecule has 0 bridgehead atoms. The molecule has 0 aliphatic carbocycles. The molecule has 1 aliphatic heterocycles. The predicted molar refractivity (Wildman–Crippen MR) is 141 cm³/mol. The van der Waals surface area contributed by atoms with Crippen molar-refractivity contribution in [1.29, 1.82) is 0 Å². The summed E-state index contributed by atoms with van der Waals surface area (Å²) in [6.07, 6.45) is 2.59. The van der Waals surface area contributed by atoms with Crippen LogP contribution in [0.15, 0.2) is 65.6 Å². The maximum Gasteiger partial charge on any atom is 0.266 e. The van der Waals surface area contributed by atoms with Gasteiger partial charge in [0.15, 0.2) is 11.5 Å². The van der Waals surface area contributed by atoms with E-state index in [0.717, 1.165) is 22.0 Å². The molecule has 1 N–H and O–H groups in total. The van der Waals surface area contributed by atoms with E-state index in [9.17, 15) is 9.59 Å². The largest absolute Gasteiger partial charge is 0.493 e. The summed E-state index contributed by atoms with van der Waals surface area (Å²) in [4.78, 5) is 27.4. The molecular formula is C26H24N2O4S2. The number of fused-ring (bicyclic) bond motifs is 1. The lowest BCUT2D eigenvalue weighted by molar-refractivity contribution is -0.122. The van der Waals surface area contributed by atoms with E-state index < -0.39 is 0 Å². The monoisotopic (exact) mass is 492 g/mol. The standard InChI is InChI=1S/C26H24N2O4S2/c1-31-21-12-9-17(14-22(21)32-2)15-23-25(30)28(26(33)34-23)13-5-8-24(29)27-20-11-10-18-6-3-4-7-19(18)16-20/h3-4,6-7,9-12,14-16H,5,8,13H2,1-2H3,(H,27,29). The van der Waals surface area contributed by atoms with Crippen LogP contribution in [0.5, 0.6) is 11.5 Å². The van der Waals surface area contributed by atoms with E-state index in [2.05, 4.69) is 5.32 Å². The Hall–Kier alpha value is -3.36. The number of carbonyl (C=O) groups excluding carboxylic acids is 2. The summed E-state index contributed by atoms with van der Waals surface area (Å²) in [6, 6.07) is 19.3. The number of methoxy groups -OCH3 is 2. The van der Waals surface area contributed by atoms with Gasteiger partial charge in [-0.3, -0.25) is 14.5 Å². The van der Waals surface area contributed by atoms with Crippen molar-refractivity contribution >= 4 is 62.7 Å². The molecule has 3 aromatic rings. The molecule has 0 saturated carbocycles. The molecule has 3 aromatic carbocycles. The highest BCUT2D eigenvalue weighted by Crippen LogP contribution is 2.34. The van der Waals surface area contributed by atoms with Gasteiger partial charge in [-0.1, -0.05) is 60.4 Å². The normalized spacial score (nSPS) is 14.6. The Labute approximate surface area is 207 Å². The molecule has 0 atom stereocenters. The van der Waals surface area contributed by atoms with Gasteiger partial charge in [-0.15, -0.1) is 0 Å². The number of nitrogens with one attached hydrogen (secondary N) is 1. The predicted octanol–water partition coefficient (Wildman–Crippen LogP) is 5.48. The molecule has 0 radical (unpaired) electrons. The molecular weight excluding hydrogens is 468 g/mol. The number of hydrogen-bond donors (Lipinski definition) is 1. The van der Waals surface area contributed by atoms with Crippen molar-refractivity contribution in [2.45, 2.75) is 12.8 Å². The molecule has 1 aliphatic rings. The number of hydrogen-bond acceptors (Lipinski definition) is 6. The lowest BCUT2D eigenvalue weighted by atomic mass is 10.1. The van der Waals surface area contributed by atoms with Crippen LogP contribution in [0.2, 0.25) is 0 Å². The summed E-state index contributed by atoms with van der Waals surface area (Å²) in [5, 5.41) is 5.12. The Balaban J connectivity index is 1.33. The summed E-state index contributed by atoms with van der Waals surface area (Å²) in [5.41, 5.74) is 1.57. The van der Waals surface area contributed by atoms with Crippen LogP contribution in [0.25, 0.3) is 16.8 Å². The Morgan fingerprint density at radius 1 is 1.03 bits per heavy atom. The Kier molecular flexibility index (Phi) is 7.49. The van der Waals surface area contributed by atoms with Gasteiger partial charge in [0.1, 0.15) is 4.32 Å². The lowest BCUT2D eigenvalue weighted by Crippen LogP contribution is -2.29. The van der Waals surface area contributed by atoms with Crippen molar-refractivity contribution in [3.63, 3.8) is 0 Å². The second kappa shape index (κ2) is 10.7. The number of anilines is 1. The Bertz CT molecular complexity index is 1290. The third kappa shape index (κ3) is 5.40. The SMILES string of the molecule is COc1ccc(C=C2SC(=S)N(CCCC(=O)Nc3ccc4ccccc4c3)C2=O)cc1OC. The molecule has 1 heterocycles. The zero-order chi connectivity index (χ0) is 24.1. The van der Waals surface area contributed by atoms with E-state index >= 15 is 0 Å². The van der Waals surface area contributed by atoms with E-state index in [1.54, 1.807) is 31.3 Å². The van der Waals surface area contributed by atoms with Gasteiger partial charge in [0.2, 0.25) is 5.91 Å². The molecule has 6 nitrogen and oxygen atoms in total. The first-order chi connectivity index (χ1) is 16.5. The van der Waals surface area contributed by atoms with Crippen LogP contribution in [0.4, 0.5) is 5.69 Å². The van der Waals surface area contributed by atoms with Crippen molar-refractivity contribution < 1.29 is 19.1 Å². The average molecular weight is 493 g/mol. The van der Waals surface area contributed by atoms with Crippen molar-refractivity contribution in [3.8, 4) is 11.5 Å². The third-order valence-electron chi connectivity index (χ3n) is 5.40. The molecule has 2 amide bonds.